The largest absolute Gasteiger partial charge is 0.311 e. The molecule has 0 fully saturated rings. The SMILES string of the molecule is CCc1cccc2c1c1c(n2-c2cccnc2C)CCN(C)C1. The van der Waals surface area contributed by atoms with Gasteiger partial charge in [0.25, 0.3) is 0 Å². The van der Waals surface area contributed by atoms with Crippen LogP contribution in [-0.2, 0) is 19.4 Å². The number of nitrogens with zero attached hydrogens (tertiary/aromatic N) is 3. The third-order valence-electron chi connectivity index (χ3n) is 5.05. The molecule has 0 saturated heterocycles. The molecule has 0 spiro atoms. The predicted molar refractivity (Wildman–Crippen MR) is 95.2 cm³/mol. The Balaban J connectivity index is 2.11. The lowest BCUT2D eigenvalue weighted by Gasteiger charge is -2.24. The maximum absolute atomic E-state index is 4.52. The highest BCUT2D eigenvalue weighted by atomic mass is 15.1. The van der Waals surface area contributed by atoms with E-state index in [4.69, 9.17) is 0 Å². The van der Waals surface area contributed by atoms with Gasteiger partial charge in [-0.1, -0.05) is 19.1 Å². The Bertz CT molecular complexity index is 876. The number of rotatable bonds is 2. The van der Waals surface area contributed by atoms with Crippen LogP contribution in [0, 0.1) is 6.92 Å². The van der Waals surface area contributed by atoms with Gasteiger partial charge >= 0.3 is 0 Å². The molecule has 4 rings (SSSR count). The van der Waals surface area contributed by atoms with E-state index in [2.05, 4.69) is 59.6 Å². The fraction of sp³-hybridized carbons (Fsp3) is 0.350. The first-order valence-electron chi connectivity index (χ1n) is 8.45. The summed E-state index contributed by atoms with van der Waals surface area (Å²) in [6.45, 7) is 6.51. The van der Waals surface area contributed by atoms with Crippen LogP contribution in [0.2, 0.25) is 0 Å². The lowest BCUT2D eigenvalue weighted by molar-refractivity contribution is 0.311. The predicted octanol–water partition coefficient (Wildman–Crippen LogP) is 3.88. The maximum atomic E-state index is 4.52. The molecule has 1 aliphatic rings. The quantitative estimate of drug-likeness (QED) is 0.716. The molecule has 2 aromatic heterocycles. The fourth-order valence-corrected chi connectivity index (χ4v) is 3.91. The molecule has 118 valence electrons. The van der Waals surface area contributed by atoms with E-state index >= 15 is 0 Å². The Hall–Kier alpha value is -2.13. The molecule has 0 N–H and O–H groups in total. The number of likely N-dealkylation sites (N-methyl/N-ethyl adjacent to an activating group) is 1. The van der Waals surface area contributed by atoms with Crippen LogP contribution in [0.15, 0.2) is 36.5 Å². The van der Waals surface area contributed by atoms with Crippen LogP contribution < -0.4 is 0 Å². The van der Waals surface area contributed by atoms with Gasteiger partial charge in [-0.25, -0.2) is 0 Å². The lowest BCUT2D eigenvalue weighted by atomic mass is 10.00. The third-order valence-corrected chi connectivity index (χ3v) is 5.05. The lowest BCUT2D eigenvalue weighted by Crippen LogP contribution is -2.27. The van der Waals surface area contributed by atoms with Gasteiger partial charge in [0, 0.05) is 36.8 Å². The minimum absolute atomic E-state index is 1.04. The summed E-state index contributed by atoms with van der Waals surface area (Å²) in [5.41, 5.74) is 8.07. The number of benzene rings is 1. The average molecular weight is 305 g/mol. The third kappa shape index (κ3) is 2.19. The summed E-state index contributed by atoms with van der Waals surface area (Å²) in [5, 5.41) is 1.46. The van der Waals surface area contributed by atoms with Crippen molar-refractivity contribution in [2.24, 2.45) is 0 Å². The summed E-state index contributed by atoms with van der Waals surface area (Å²) in [7, 11) is 2.22. The standard InChI is InChI=1S/C20H23N3/c1-4-15-7-5-8-19-20(15)16-13-22(3)12-10-18(16)23(19)17-9-6-11-21-14(17)2/h5-9,11H,4,10,12-13H2,1-3H3. The second-order valence-corrected chi connectivity index (χ2v) is 6.52. The molecule has 0 radical (unpaired) electrons. The van der Waals surface area contributed by atoms with Crippen molar-refractivity contribution in [1.82, 2.24) is 14.5 Å². The van der Waals surface area contributed by atoms with Crippen molar-refractivity contribution in [1.29, 1.82) is 0 Å². The Morgan fingerprint density at radius 3 is 2.83 bits per heavy atom. The van der Waals surface area contributed by atoms with E-state index < -0.39 is 0 Å². The molecular formula is C20H23N3. The highest BCUT2D eigenvalue weighted by Gasteiger charge is 2.24. The molecular weight excluding hydrogens is 282 g/mol. The van der Waals surface area contributed by atoms with Gasteiger partial charge in [0.15, 0.2) is 0 Å². The monoisotopic (exact) mass is 305 g/mol. The highest BCUT2D eigenvalue weighted by molar-refractivity contribution is 5.90. The van der Waals surface area contributed by atoms with Gasteiger partial charge in [-0.05, 0) is 49.7 Å². The van der Waals surface area contributed by atoms with Crippen LogP contribution in [0.5, 0.6) is 0 Å². The molecule has 3 aromatic rings. The van der Waals surface area contributed by atoms with Crippen molar-refractivity contribution >= 4 is 10.9 Å². The topological polar surface area (TPSA) is 21.1 Å². The summed E-state index contributed by atoms with van der Waals surface area (Å²) in [4.78, 5) is 6.94. The van der Waals surface area contributed by atoms with Crippen molar-refractivity contribution < 1.29 is 0 Å². The Kier molecular flexibility index (Phi) is 3.46. The van der Waals surface area contributed by atoms with Gasteiger partial charge in [-0.2, -0.15) is 0 Å². The van der Waals surface area contributed by atoms with Crippen LogP contribution in [0.3, 0.4) is 0 Å². The maximum Gasteiger partial charge on any atom is 0.0671 e. The number of aryl methyl sites for hydroxylation is 2. The van der Waals surface area contributed by atoms with Gasteiger partial charge in [-0.3, -0.25) is 4.98 Å². The fourth-order valence-electron chi connectivity index (χ4n) is 3.91. The van der Waals surface area contributed by atoms with Crippen molar-refractivity contribution in [2.75, 3.05) is 13.6 Å². The molecule has 0 atom stereocenters. The molecule has 0 saturated carbocycles. The number of fused-ring (bicyclic) bond motifs is 3. The zero-order valence-corrected chi connectivity index (χ0v) is 14.1. The smallest absolute Gasteiger partial charge is 0.0671 e. The van der Waals surface area contributed by atoms with E-state index in [0.717, 1.165) is 31.6 Å². The van der Waals surface area contributed by atoms with Crippen molar-refractivity contribution in [3.05, 3.63) is 59.0 Å². The van der Waals surface area contributed by atoms with Crippen LogP contribution in [0.25, 0.3) is 16.6 Å². The van der Waals surface area contributed by atoms with E-state index in [1.54, 1.807) is 0 Å². The summed E-state index contributed by atoms with van der Waals surface area (Å²) in [5.74, 6) is 0. The number of hydrogen-bond donors (Lipinski definition) is 0. The first kappa shape index (κ1) is 14.5. The van der Waals surface area contributed by atoms with E-state index in [0.29, 0.717) is 0 Å². The number of pyridine rings is 1. The molecule has 23 heavy (non-hydrogen) atoms. The van der Waals surface area contributed by atoms with E-state index in [9.17, 15) is 0 Å². The molecule has 0 amide bonds. The molecule has 3 heteroatoms. The molecule has 3 heterocycles. The van der Waals surface area contributed by atoms with Gasteiger partial charge in [0.05, 0.1) is 16.9 Å². The molecule has 1 aliphatic heterocycles. The summed E-state index contributed by atoms with van der Waals surface area (Å²) in [6, 6.07) is 11.0. The minimum atomic E-state index is 1.04. The van der Waals surface area contributed by atoms with Gasteiger partial charge in [0.2, 0.25) is 0 Å². The second kappa shape index (κ2) is 5.50. The number of hydrogen-bond acceptors (Lipinski definition) is 2. The second-order valence-electron chi connectivity index (χ2n) is 6.52. The Labute approximate surface area is 137 Å². The Morgan fingerprint density at radius 1 is 1.17 bits per heavy atom. The summed E-state index contributed by atoms with van der Waals surface area (Å²) < 4.78 is 2.46. The van der Waals surface area contributed by atoms with Gasteiger partial charge in [-0.15, -0.1) is 0 Å². The molecule has 3 nitrogen and oxygen atoms in total. The average Bonchev–Trinajstić information content (AvgIpc) is 2.89. The van der Waals surface area contributed by atoms with Gasteiger partial charge in [0.1, 0.15) is 0 Å². The van der Waals surface area contributed by atoms with Crippen molar-refractivity contribution in [2.45, 2.75) is 33.2 Å². The van der Waals surface area contributed by atoms with Crippen LogP contribution in [0.4, 0.5) is 0 Å². The summed E-state index contributed by atoms with van der Waals surface area (Å²) in [6.07, 6.45) is 4.05. The zero-order valence-electron chi connectivity index (χ0n) is 14.1. The van der Waals surface area contributed by atoms with Crippen LogP contribution in [-0.4, -0.2) is 28.0 Å². The molecule has 0 bridgehead atoms. The summed E-state index contributed by atoms with van der Waals surface area (Å²) >= 11 is 0. The van der Waals surface area contributed by atoms with Crippen LogP contribution in [0.1, 0.15) is 29.4 Å². The number of aromatic nitrogens is 2. The normalized spacial score (nSPS) is 15.1. The van der Waals surface area contributed by atoms with E-state index in [1.165, 1.54) is 33.4 Å². The molecule has 1 aromatic carbocycles. The van der Waals surface area contributed by atoms with Gasteiger partial charge < -0.3 is 9.47 Å². The van der Waals surface area contributed by atoms with Crippen molar-refractivity contribution in [3.63, 3.8) is 0 Å². The van der Waals surface area contributed by atoms with Crippen LogP contribution >= 0.6 is 0 Å². The van der Waals surface area contributed by atoms with E-state index in [-0.39, 0.29) is 0 Å². The molecule has 0 aliphatic carbocycles. The van der Waals surface area contributed by atoms with E-state index in [1.807, 2.05) is 12.3 Å². The Morgan fingerprint density at radius 2 is 2.04 bits per heavy atom. The van der Waals surface area contributed by atoms with Crippen molar-refractivity contribution in [3.8, 4) is 5.69 Å². The zero-order chi connectivity index (χ0) is 16.0. The molecule has 0 unspecified atom stereocenters. The highest BCUT2D eigenvalue weighted by Crippen LogP contribution is 2.35. The first-order valence-corrected chi connectivity index (χ1v) is 8.45. The minimum Gasteiger partial charge on any atom is -0.311 e. The first-order chi connectivity index (χ1) is 11.2.